The quantitative estimate of drug-likeness (QED) is 0.497. The lowest BCUT2D eigenvalue weighted by Gasteiger charge is -2.09. The molecule has 7 nitrogen and oxygen atoms in total. The molecule has 98 valence electrons. The molecule has 0 radical (unpaired) electrons. The largest absolute Gasteiger partial charge is 0.450 e. The van der Waals surface area contributed by atoms with Gasteiger partial charge >= 0.3 is 5.69 Å². The van der Waals surface area contributed by atoms with E-state index in [0.29, 0.717) is 17.1 Å². The summed E-state index contributed by atoms with van der Waals surface area (Å²) in [6.45, 7) is 1.74. The maximum Gasteiger partial charge on any atom is 0.311 e. The average molecular weight is 260 g/mol. The van der Waals surface area contributed by atoms with Gasteiger partial charge in [0.25, 0.3) is 0 Å². The fourth-order valence-corrected chi connectivity index (χ4v) is 1.58. The zero-order valence-electron chi connectivity index (χ0n) is 10.2. The van der Waals surface area contributed by atoms with Gasteiger partial charge in [0.1, 0.15) is 11.6 Å². The maximum atomic E-state index is 11.0. The van der Waals surface area contributed by atoms with Crippen molar-refractivity contribution < 1.29 is 9.66 Å². The van der Waals surface area contributed by atoms with Crippen molar-refractivity contribution >= 4 is 11.5 Å². The Hall–Kier alpha value is -2.67. The zero-order valence-corrected chi connectivity index (χ0v) is 10.2. The van der Waals surface area contributed by atoms with Crippen LogP contribution in [0.2, 0.25) is 0 Å². The number of anilines is 1. The Morgan fingerprint density at radius 2 is 2.21 bits per heavy atom. The Morgan fingerprint density at radius 3 is 2.89 bits per heavy atom. The lowest BCUT2D eigenvalue weighted by Crippen LogP contribution is -2.08. The Kier molecular flexibility index (Phi) is 3.58. The summed E-state index contributed by atoms with van der Waals surface area (Å²) in [5, 5.41) is 11.0. The minimum absolute atomic E-state index is 0.0842. The number of para-hydroxylation sites is 1. The van der Waals surface area contributed by atoms with E-state index in [9.17, 15) is 10.1 Å². The first kappa shape index (κ1) is 12.8. The molecule has 19 heavy (non-hydrogen) atoms. The molecule has 7 heteroatoms. The first-order valence-corrected chi connectivity index (χ1v) is 5.46. The van der Waals surface area contributed by atoms with Crippen molar-refractivity contribution in [1.29, 1.82) is 0 Å². The molecule has 0 aliphatic heterocycles. The van der Waals surface area contributed by atoms with Gasteiger partial charge < -0.3 is 10.2 Å². The van der Waals surface area contributed by atoms with Gasteiger partial charge in [-0.3, -0.25) is 10.1 Å². The number of nitrogen functional groups attached to an aromatic ring is 1. The molecule has 2 rings (SSSR count). The third-order valence-corrected chi connectivity index (χ3v) is 2.49. The number of nitro benzene ring substituents is 1. The molecular formula is C12H12N4O3. The molecule has 1 heterocycles. The second kappa shape index (κ2) is 5.32. The molecule has 0 aliphatic carbocycles. The Morgan fingerprint density at radius 1 is 1.42 bits per heavy atom. The minimum atomic E-state index is -0.481. The second-order valence-corrected chi connectivity index (χ2v) is 3.80. The highest BCUT2D eigenvalue weighted by Gasteiger charge is 2.17. The number of pyridine rings is 1. The van der Waals surface area contributed by atoms with Gasteiger partial charge in [-0.15, -0.1) is 0 Å². The van der Waals surface area contributed by atoms with E-state index in [-0.39, 0.29) is 11.4 Å². The number of nitrogens with two attached hydrogens (primary N) is 1. The van der Waals surface area contributed by atoms with Crippen molar-refractivity contribution in [2.24, 2.45) is 5.84 Å². The Balaban J connectivity index is 2.40. The van der Waals surface area contributed by atoms with Gasteiger partial charge in [-0.05, 0) is 18.6 Å². The molecular weight excluding hydrogens is 248 g/mol. The molecule has 0 spiro atoms. The van der Waals surface area contributed by atoms with Crippen molar-refractivity contribution in [2.75, 3.05) is 5.43 Å². The normalized spacial score (nSPS) is 10.0. The number of hydrogen-bond donors (Lipinski definition) is 2. The molecule has 2 aromatic rings. The van der Waals surface area contributed by atoms with Gasteiger partial charge in [0.2, 0.25) is 5.75 Å². The minimum Gasteiger partial charge on any atom is -0.450 e. The lowest BCUT2D eigenvalue weighted by molar-refractivity contribution is -0.385. The molecule has 0 amide bonds. The summed E-state index contributed by atoms with van der Waals surface area (Å²) in [5.41, 5.74) is 2.97. The number of nitrogens with one attached hydrogen (secondary N) is 1. The number of aromatic nitrogens is 1. The second-order valence-electron chi connectivity index (χ2n) is 3.80. The van der Waals surface area contributed by atoms with Crippen LogP contribution in [0.25, 0.3) is 0 Å². The van der Waals surface area contributed by atoms with Gasteiger partial charge in [-0.25, -0.2) is 10.8 Å². The summed E-state index contributed by atoms with van der Waals surface area (Å²) in [6.07, 6.45) is 1.49. The molecule has 0 atom stereocenters. The highest BCUT2D eigenvalue weighted by molar-refractivity contribution is 5.53. The van der Waals surface area contributed by atoms with E-state index < -0.39 is 4.92 Å². The van der Waals surface area contributed by atoms with Crippen LogP contribution in [-0.2, 0) is 0 Å². The molecule has 1 aromatic heterocycles. The number of benzene rings is 1. The topological polar surface area (TPSA) is 103 Å². The fourth-order valence-electron chi connectivity index (χ4n) is 1.58. The van der Waals surface area contributed by atoms with Crippen LogP contribution in [0.5, 0.6) is 11.5 Å². The molecule has 0 unspecified atom stereocenters. The molecule has 1 aromatic carbocycles. The summed E-state index contributed by atoms with van der Waals surface area (Å²) in [6, 6.07) is 7.89. The van der Waals surface area contributed by atoms with E-state index in [0.717, 1.165) is 0 Å². The van der Waals surface area contributed by atoms with Crippen LogP contribution in [-0.4, -0.2) is 9.91 Å². The summed E-state index contributed by atoms with van der Waals surface area (Å²) >= 11 is 0. The van der Waals surface area contributed by atoms with Crippen molar-refractivity contribution in [3.8, 4) is 11.5 Å². The molecule has 0 aliphatic rings. The van der Waals surface area contributed by atoms with Crippen molar-refractivity contribution in [3.63, 3.8) is 0 Å². The van der Waals surface area contributed by atoms with Gasteiger partial charge in [-0.1, -0.05) is 12.1 Å². The first-order valence-electron chi connectivity index (χ1n) is 5.46. The lowest BCUT2D eigenvalue weighted by atomic mass is 10.2. The third-order valence-electron chi connectivity index (χ3n) is 2.49. The number of hydrazine groups is 1. The standard InChI is InChI=1S/C12H12N4O3/c1-8-3-2-4-10(16(17)18)12(8)19-9-5-6-14-11(7-9)15-13/h2-7H,13H2,1H3,(H,14,15). The average Bonchev–Trinajstić information content (AvgIpc) is 2.41. The van der Waals surface area contributed by atoms with Crippen LogP contribution in [0.15, 0.2) is 36.5 Å². The van der Waals surface area contributed by atoms with E-state index in [4.69, 9.17) is 10.6 Å². The molecule has 3 N–H and O–H groups in total. The summed E-state index contributed by atoms with van der Waals surface area (Å²) in [4.78, 5) is 14.4. The summed E-state index contributed by atoms with van der Waals surface area (Å²) in [7, 11) is 0. The number of nitrogens with zero attached hydrogens (tertiary/aromatic N) is 2. The van der Waals surface area contributed by atoms with Crippen LogP contribution in [0.1, 0.15) is 5.56 Å². The number of aryl methyl sites for hydroxylation is 1. The number of nitro groups is 1. The van der Waals surface area contributed by atoms with Gasteiger partial charge in [0.05, 0.1) is 4.92 Å². The molecule has 0 saturated heterocycles. The Bertz CT molecular complexity index is 616. The van der Waals surface area contributed by atoms with E-state index in [1.807, 2.05) is 0 Å². The van der Waals surface area contributed by atoms with Crippen LogP contribution < -0.4 is 16.0 Å². The molecule has 0 saturated carbocycles. The summed E-state index contributed by atoms with van der Waals surface area (Å²) < 4.78 is 5.57. The van der Waals surface area contributed by atoms with E-state index in [1.165, 1.54) is 12.3 Å². The van der Waals surface area contributed by atoms with Gasteiger partial charge in [0.15, 0.2) is 0 Å². The van der Waals surface area contributed by atoms with Crippen LogP contribution >= 0.6 is 0 Å². The van der Waals surface area contributed by atoms with Gasteiger partial charge in [0, 0.05) is 18.3 Å². The fraction of sp³-hybridized carbons (Fsp3) is 0.0833. The van der Waals surface area contributed by atoms with E-state index in [1.54, 1.807) is 31.2 Å². The van der Waals surface area contributed by atoms with Gasteiger partial charge in [-0.2, -0.15) is 0 Å². The Labute approximate surface area is 109 Å². The number of hydrogen-bond acceptors (Lipinski definition) is 6. The van der Waals surface area contributed by atoms with Crippen molar-refractivity contribution in [2.45, 2.75) is 6.92 Å². The predicted octanol–water partition coefficient (Wildman–Crippen LogP) is 2.38. The summed E-state index contributed by atoms with van der Waals surface area (Å²) in [5.74, 6) is 6.28. The van der Waals surface area contributed by atoms with E-state index in [2.05, 4.69) is 10.4 Å². The molecule has 0 fully saturated rings. The van der Waals surface area contributed by atoms with Crippen molar-refractivity contribution in [1.82, 2.24) is 4.98 Å². The van der Waals surface area contributed by atoms with Crippen LogP contribution in [0.3, 0.4) is 0 Å². The number of rotatable bonds is 4. The highest BCUT2D eigenvalue weighted by Crippen LogP contribution is 2.34. The smallest absolute Gasteiger partial charge is 0.311 e. The highest BCUT2D eigenvalue weighted by atomic mass is 16.6. The zero-order chi connectivity index (χ0) is 13.8. The van der Waals surface area contributed by atoms with Crippen LogP contribution in [0.4, 0.5) is 11.5 Å². The SMILES string of the molecule is Cc1cccc([N+](=O)[O-])c1Oc1ccnc(NN)c1. The van der Waals surface area contributed by atoms with Crippen LogP contribution in [0, 0.1) is 17.0 Å². The van der Waals surface area contributed by atoms with E-state index >= 15 is 0 Å². The third kappa shape index (κ3) is 2.78. The first-order chi connectivity index (χ1) is 9.11. The monoisotopic (exact) mass is 260 g/mol. The predicted molar refractivity (Wildman–Crippen MR) is 70.0 cm³/mol. The molecule has 0 bridgehead atoms. The van der Waals surface area contributed by atoms with Crippen molar-refractivity contribution in [3.05, 3.63) is 52.2 Å². The number of ether oxygens (including phenoxy) is 1. The maximum absolute atomic E-state index is 11.0.